The van der Waals surface area contributed by atoms with Gasteiger partial charge in [0.05, 0.1) is 5.60 Å². The molecular formula is C12H24N2O3. The van der Waals surface area contributed by atoms with Crippen molar-refractivity contribution >= 4 is 5.91 Å². The Bertz CT molecular complexity index is 260. The largest absolute Gasteiger partial charge is 0.377 e. The van der Waals surface area contributed by atoms with Gasteiger partial charge >= 0.3 is 0 Å². The van der Waals surface area contributed by atoms with Gasteiger partial charge in [-0.1, -0.05) is 0 Å². The van der Waals surface area contributed by atoms with Crippen LogP contribution in [0, 0.1) is 0 Å². The fourth-order valence-corrected chi connectivity index (χ4v) is 1.88. The van der Waals surface area contributed by atoms with Gasteiger partial charge in [0.2, 0.25) is 0 Å². The third-order valence-corrected chi connectivity index (χ3v) is 3.44. The summed E-state index contributed by atoms with van der Waals surface area (Å²) in [5.41, 5.74) is -1.02. The van der Waals surface area contributed by atoms with E-state index in [1.165, 1.54) is 0 Å². The minimum absolute atomic E-state index is 0.0355. The van der Waals surface area contributed by atoms with Crippen molar-refractivity contribution in [3.05, 3.63) is 0 Å². The minimum Gasteiger partial charge on any atom is -0.377 e. The molecule has 1 aliphatic heterocycles. The third kappa shape index (κ3) is 3.66. The second-order valence-electron chi connectivity index (χ2n) is 5.09. The van der Waals surface area contributed by atoms with Crippen LogP contribution in [0.5, 0.6) is 0 Å². The molecule has 1 fully saturated rings. The van der Waals surface area contributed by atoms with Crippen LogP contribution in [-0.4, -0.2) is 51.0 Å². The summed E-state index contributed by atoms with van der Waals surface area (Å²) in [6, 6.07) is 0. The van der Waals surface area contributed by atoms with Gasteiger partial charge in [-0.05, 0) is 39.8 Å². The fourth-order valence-electron chi connectivity index (χ4n) is 1.88. The fraction of sp³-hybridized carbons (Fsp3) is 0.917. The number of rotatable bonds is 5. The number of ether oxygens (including phenoxy) is 2. The molecule has 1 saturated heterocycles. The summed E-state index contributed by atoms with van der Waals surface area (Å²) < 4.78 is 10.7. The van der Waals surface area contributed by atoms with E-state index in [1.807, 2.05) is 13.8 Å². The Hall–Kier alpha value is -0.650. The Labute approximate surface area is 103 Å². The summed E-state index contributed by atoms with van der Waals surface area (Å²) in [5, 5.41) is 6.15. The Morgan fingerprint density at radius 1 is 1.35 bits per heavy atom. The summed E-state index contributed by atoms with van der Waals surface area (Å²) >= 11 is 0. The van der Waals surface area contributed by atoms with E-state index in [4.69, 9.17) is 9.47 Å². The molecule has 1 aliphatic rings. The van der Waals surface area contributed by atoms with E-state index in [0.717, 1.165) is 13.1 Å². The molecule has 1 heterocycles. The summed E-state index contributed by atoms with van der Waals surface area (Å²) in [5.74, 6) is -0.0355. The van der Waals surface area contributed by atoms with E-state index in [9.17, 15) is 4.79 Å². The molecule has 5 nitrogen and oxygen atoms in total. The van der Waals surface area contributed by atoms with Gasteiger partial charge in [0.1, 0.15) is 5.60 Å². The predicted octanol–water partition coefficient (Wildman–Crippen LogP) is 0.296. The monoisotopic (exact) mass is 244 g/mol. The molecule has 0 aromatic rings. The molecule has 0 aliphatic carbocycles. The van der Waals surface area contributed by atoms with Crippen LogP contribution >= 0.6 is 0 Å². The smallest absolute Gasteiger partial charge is 0.252 e. The Kier molecular flexibility index (Phi) is 4.91. The molecule has 0 aromatic heterocycles. The first kappa shape index (κ1) is 14.4. The lowest BCUT2D eigenvalue weighted by molar-refractivity contribution is -0.147. The highest BCUT2D eigenvalue weighted by Crippen LogP contribution is 2.22. The van der Waals surface area contributed by atoms with Gasteiger partial charge < -0.3 is 20.1 Å². The van der Waals surface area contributed by atoms with E-state index >= 15 is 0 Å². The Morgan fingerprint density at radius 3 is 2.41 bits per heavy atom. The van der Waals surface area contributed by atoms with Gasteiger partial charge in [-0.15, -0.1) is 0 Å². The van der Waals surface area contributed by atoms with Gasteiger partial charge in [-0.25, -0.2) is 0 Å². The highest BCUT2D eigenvalue weighted by molar-refractivity contribution is 5.85. The number of hydrogen-bond acceptors (Lipinski definition) is 4. The van der Waals surface area contributed by atoms with Gasteiger partial charge in [-0.2, -0.15) is 0 Å². The predicted molar refractivity (Wildman–Crippen MR) is 65.9 cm³/mol. The van der Waals surface area contributed by atoms with Gasteiger partial charge in [-0.3, -0.25) is 4.79 Å². The van der Waals surface area contributed by atoms with Crippen molar-refractivity contribution in [1.82, 2.24) is 10.6 Å². The quantitative estimate of drug-likeness (QED) is 0.730. The van der Waals surface area contributed by atoms with E-state index in [2.05, 4.69) is 10.6 Å². The first-order chi connectivity index (χ1) is 7.96. The maximum absolute atomic E-state index is 12.2. The lowest BCUT2D eigenvalue weighted by Gasteiger charge is -2.35. The van der Waals surface area contributed by atoms with Crippen molar-refractivity contribution in [2.45, 2.75) is 37.9 Å². The minimum atomic E-state index is -0.672. The van der Waals surface area contributed by atoms with Crippen LogP contribution in [0.3, 0.4) is 0 Å². The molecule has 1 amide bonds. The molecule has 0 spiro atoms. The first-order valence-corrected chi connectivity index (χ1v) is 6.05. The van der Waals surface area contributed by atoms with Crippen LogP contribution in [-0.2, 0) is 14.3 Å². The highest BCUT2D eigenvalue weighted by atomic mass is 16.5. The standard InChI is InChI=1S/C12H24N2O3/c1-11(2,16-3)9-14-10(15)12(17-4)5-7-13-8-6-12/h13H,5-9H2,1-4H3,(H,14,15). The average Bonchev–Trinajstić information content (AvgIpc) is 2.37. The van der Waals surface area contributed by atoms with Crippen molar-refractivity contribution < 1.29 is 14.3 Å². The summed E-state index contributed by atoms with van der Waals surface area (Å²) in [6.07, 6.45) is 1.42. The zero-order chi connectivity index (χ0) is 12.9. The second kappa shape index (κ2) is 5.80. The van der Waals surface area contributed by atoms with Crippen LogP contribution < -0.4 is 10.6 Å². The van der Waals surface area contributed by atoms with Crippen LogP contribution in [0.25, 0.3) is 0 Å². The topological polar surface area (TPSA) is 59.6 Å². The number of carbonyl (C=O) groups excluding carboxylic acids is 1. The Morgan fingerprint density at radius 2 is 1.94 bits per heavy atom. The summed E-state index contributed by atoms with van der Waals surface area (Å²) in [6.45, 7) is 6.00. The number of amides is 1. The van der Waals surface area contributed by atoms with Gasteiger partial charge in [0, 0.05) is 20.8 Å². The lowest BCUT2D eigenvalue weighted by atomic mass is 9.91. The van der Waals surface area contributed by atoms with Crippen LogP contribution in [0.4, 0.5) is 0 Å². The molecule has 17 heavy (non-hydrogen) atoms. The zero-order valence-corrected chi connectivity index (χ0v) is 11.3. The maximum atomic E-state index is 12.2. The maximum Gasteiger partial charge on any atom is 0.252 e. The molecule has 0 unspecified atom stereocenters. The molecular weight excluding hydrogens is 220 g/mol. The molecule has 0 radical (unpaired) electrons. The number of methoxy groups -OCH3 is 2. The molecule has 2 N–H and O–H groups in total. The first-order valence-electron chi connectivity index (χ1n) is 6.05. The number of nitrogens with one attached hydrogen (secondary N) is 2. The molecule has 0 saturated carbocycles. The van der Waals surface area contributed by atoms with Crippen LogP contribution in [0.2, 0.25) is 0 Å². The van der Waals surface area contributed by atoms with Gasteiger partial charge in [0.15, 0.2) is 0 Å². The van der Waals surface area contributed by atoms with Crippen LogP contribution in [0.15, 0.2) is 0 Å². The molecule has 0 atom stereocenters. The normalized spacial score (nSPS) is 20.0. The van der Waals surface area contributed by atoms with Crippen molar-refractivity contribution in [1.29, 1.82) is 0 Å². The number of hydrogen-bond donors (Lipinski definition) is 2. The molecule has 0 bridgehead atoms. The van der Waals surface area contributed by atoms with Gasteiger partial charge in [0.25, 0.3) is 5.91 Å². The lowest BCUT2D eigenvalue weighted by Crippen LogP contribution is -2.56. The van der Waals surface area contributed by atoms with Crippen molar-refractivity contribution in [2.24, 2.45) is 0 Å². The molecule has 5 heteroatoms. The van der Waals surface area contributed by atoms with Crippen molar-refractivity contribution in [2.75, 3.05) is 33.9 Å². The number of carbonyl (C=O) groups is 1. The van der Waals surface area contributed by atoms with E-state index in [0.29, 0.717) is 19.4 Å². The Balaban J connectivity index is 2.55. The summed E-state index contributed by atoms with van der Waals surface area (Å²) in [4.78, 5) is 12.2. The van der Waals surface area contributed by atoms with Crippen molar-refractivity contribution in [3.63, 3.8) is 0 Å². The summed E-state index contributed by atoms with van der Waals surface area (Å²) in [7, 11) is 3.25. The molecule has 100 valence electrons. The SMILES string of the molecule is COC(C)(C)CNC(=O)C1(OC)CCNCC1. The highest BCUT2D eigenvalue weighted by Gasteiger charge is 2.40. The van der Waals surface area contributed by atoms with Crippen molar-refractivity contribution in [3.8, 4) is 0 Å². The van der Waals surface area contributed by atoms with E-state index < -0.39 is 5.60 Å². The zero-order valence-electron chi connectivity index (χ0n) is 11.3. The number of piperidine rings is 1. The molecule has 1 rings (SSSR count). The third-order valence-electron chi connectivity index (χ3n) is 3.44. The van der Waals surface area contributed by atoms with E-state index in [-0.39, 0.29) is 11.5 Å². The average molecular weight is 244 g/mol. The van der Waals surface area contributed by atoms with Crippen LogP contribution in [0.1, 0.15) is 26.7 Å². The molecule has 0 aromatic carbocycles. The van der Waals surface area contributed by atoms with E-state index in [1.54, 1.807) is 14.2 Å². The second-order valence-corrected chi connectivity index (χ2v) is 5.09.